The minimum Gasteiger partial charge on any atom is -0.503 e. The zero-order valence-corrected chi connectivity index (χ0v) is 9.37. The topological polar surface area (TPSA) is 40.5 Å². The summed E-state index contributed by atoms with van der Waals surface area (Å²) >= 11 is 3.32. The number of anilines is 1. The first-order valence-electron chi connectivity index (χ1n) is 4.51. The van der Waals surface area contributed by atoms with Gasteiger partial charge in [0.1, 0.15) is 0 Å². The van der Waals surface area contributed by atoms with Crippen molar-refractivity contribution < 1.29 is 14.3 Å². The number of alkyl halides is 1. The molecule has 1 aliphatic rings. The number of amides is 1. The van der Waals surface area contributed by atoms with Crippen LogP contribution in [0.2, 0.25) is 0 Å². The molecule has 0 aromatic heterocycles. The number of nitrogens with zero attached hydrogens (tertiary/aromatic N) is 1. The van der Waals surface area contributed by atoms with Gasteiger partial charge in [0, 0.05) is 17.8 Å². The molecule has 80 valence electrons. The lowest BCUT2D eigenvalue weighted by molar-refractivity contribution is -0.117. The fraction of sp³-hybridized carbons (Fsp3) is 0.300. The van der Waals surface area contributed by atoms with Gasteiger partial charge in [0.05, 0.1) is 5.69 Å². The summed E-state index contributed by atoms with van der Waals surface area (Å²) in [6.07, 6.45) is 0.371. The second-order valence-corrected chi connectivity index (χ2v) is 4.71. The van der Waals surface area contributed by atoms with Crippen LogP contribution in [0.1, 0.15) is 6.42 Å². The Labute approximate surface area is 94.6 Å². The molecule has 0 spiro atoms. The van der Waals surface area contributed by atoms with Gasteiger partial charge in [0.15, 0.2) is 11.6 Å². The largest absolute Gasteiger partial charge is 0.503 e. The first kappa shape index (κ1) is 10.4. The van der Waals surface area contributed by atoms with Gasteiger partial charge in [0.25, 0.3) is 0 Å². The fourth-order valence-electron chi connectivity index (χ4n) is 1.62. The number of para-hydroxylation sites is 1. The third kappa shape index (κ3) is 1.84. The lowest BCUT2D eigenvalue weighted by atomic mass is 10.2. The van der Waals surface area contributed by atoms with Crippen LogP contribution in [-0.2, 0) is 4.79 Å². The van der Waals surface area contributed by atoms with E-state index in [1.165, 1.54) is 17.0 Å². The van der Waals surface area contributed by atoms with Gasteiger partial charge in [-0.05, 0) is 12.1 Å². The summed E-state index contributed by atoms with van der Waals surface area (Å²) < 4.78 is 13.1. The Kier molecular flexibility index (Phi) is 2.65. The monoisotopic (exact) mass is 273 g/mol. The zero-order chi connectivity index (χ0) is 11.0. The normalized spacial score (nSPS) is 21.1. The van der Waals surface area contributed by atoms with Crippen LogP contribution in [0.3, 0.4) is 0 Å². The van der Waals surface area contributed by atoms with Crippen molar-refractivity contribution in [1.82, 2.24) is 0 Å². The Morgan fingerprint density at radius 1 is 1.53 bits per heavy atom. The van der Waals surface area contributed by atoms with E-state index in [1.54, 1.807) is 0 Å². The number of hydrogen-bond acceptors (Lipinski definition) is 2. The van der Waals surface area contributed by atoms with Crippen LogP contribution in [0.15, 0.2) is 18.2 Å². The molecule has 5 heteroatoms. The predicted molar refractivity (Wildman–Crippen MR) is 57.7 cm³/mol. The molecule has 15 heavy (non-hydrogen) atoms. The number of halogens is 2. The van der Waals surface area contributed by atoms with Gasteiger partial charge >= 0.3 is 0 Å². The minimum absolute atomic E-state index is 0.0627. The van der Waals surface area contributed by atoms with E-state index in [9.17, 15) is 14.3 Å². The first-order valence-corrected chi connectivity index (χ1v) is 5.43. The molecule has 1 aromatic carbocycles. The highest BCUT2D eigenvalue weighted by Crippen LogP contribution is 2.33. The van der Waals surface area contributed by atoms with Crippen LogP contribution in [0.4, 0.5) is 10.1 Å². The molecule has 1 N–H and O–H groups in total. The summed E-state index contributed by atoms with van der Waals surface area (Å²) in [5, 5.41) is 9.48. The molecule has 1 amide bonds. The molecule has 0 bridgehead atoms. The van der Waals surface area contributed by atoms with Crippen molar-refractivity contribution in [3.8, 4) is 5.75 Å². The number of benzene rings is 1. The number of aromatic hydroxyl groups is 1. The predicted octanol–water partition coefficient (Wildman–Crippen LogP) is 2.03. The van der Waals surface area contributed by atoms with Gasteiger partial charge in [-0.25, -0.2) is 4.39 Å². The average Bonchev–Trinajstić information content (AvgIpc) is 2.50. The molecule has 3 nitrogen and oxygen atoms in total. The van der Waals surface area contributed by atoms with Crippen molar-refractivity contribution in [1.29, 1.82) is 0 Å². The molecular weight excluding hydrogens is 265 g/mol. The standard InChI is InChI=1S/C10H9BrFNO2/c11-6-4-9(14)13(5-6)8-3-1-2-7(12)10(8)15/h1-3,6,15H,4-5H2. The molecule has 1 aromatic rings. The number of rotatable bonds is 1. The second kappa shape index (κ2) is 3.81. The van der Waals surface area contributed by atoms with Gasteiger partial charge < -0.3 is 10.0 Å². The van der Waals surface area contributed by atoms with E-state index in [2.05, 4.69) is 15.9 Å². The van der Waals surface area contributed by atoms with Crippen LogP contribution in [-0.4, -0.2) is 22.4 Å². The number of hydrogen-bond donors (Lipinski definition) is 1. The van der Waals surface area contributed by atoms with E-state index in [0.717, 1.165) is 6.07 Å². The van der Waals surface area contributed by atoms with Gasteiger partial charge in [-0.15, -0.1) is 0 Å². The second-order valence-electron chi connectivity index (χ2n) is 3.41. The summed E-state index contributed by atoms with van der Waals surface area (Å²) in [6, 6.07) is 4.16. The lowest BCUT2D eigenvalue weighted by Gasteiger charge is -2.17. The van der Waals surface area contributed by atoms with Crippen LogP contribution >= 0.6 is 15.9 Å². The van der Waals surface area contributed by atoms with Gasteiger partial charge in [-0.3, -0.25) is 4.79 Å². The van der Waals surface area contributed by atoms with Crippen LogP contribution < -0.4 is 4.90 Å². The Morgan fingerprint density at radius 3 is 2.87 bits per heavy atom. The van der Waals surface area contributed by atoms with E-state index in [4.69, 9.17) is 0 Å². The van der Waals surface area contributed by atoms with Crippen molar-refractivity contribution >= 4 is 27.5 Å². The molecule has 0 saturated carbocycles. The number of phenolic OH excluding ortho intramolecular Hbond substituents is 1. The highest BCUT2D eigenvalue weighted by atomic mass is 79.9. The Balaban J connectivity index is 2.38. The van der Waals surface area contributed by atoms with Gasteiger partial charge in [0.2, 0.25) is 5.91 Å². The van der Waals surface area contributed by atoms with Crippen molar-refractivity contribution in [3.05, 3.63) is 24.0 Å². The molecule has 1 saturated heterocycles. The maximum absolute atomic E-state index is 13.1. The summed E-state index contributed by atoms with van der Waals surface area (Å²) in [4.78, 5) is 13.0. The van der Waals surface area contributed by atoms with E-state index < -0.39 is 11.6 Å². The SMILES string of the molecule is O=C1CC(Br)CN1c1cccc(F)c1O. The highest BCUT2D eigenvalue weighted by Gasteiger charge is 2.30. The molecule has 0 radical (unpaired) electrons. The number of carbonyl (C=O) groups excluding carboxylic acids is 1. The molecule has 1 aliphatic heterocycles. The maximum atomic E-state index is 13.1. The molecule has 2 rings (SSSR count). The summed E-state index contributed by atoms with van der Waals surface area (Å²) in [6.45, 7) is 0.454. The lowest BCUT2D eigenvalue weighted by Crippen LogP contribution is -2.24. The number of phenols is 1. The molecule has 1 unspecified atom stereocenters. The molecule has 1 fully saturated rings. The maximum Gasteiger partial charge on any atom is 0.228 e. The van der Waals surface area contributed by atoms with Crippen LogP contribution in [0.25, 0.3) is 0 Å². The first-order chi connectivity index (χ1) is 7.09. The average molecular weight is 274 g/mol. The molecular formula is C10H9BrFNO2. The molecule has 1 heterocycles. The van der Waals surface area contributed by atoms with Crippen molar-refractivity contribution in [3.63, 3.8) is 0 Å². The van der Waals surface area contributed by atoms with E-state index in [0.29, 0.717) is 13.0 Å². The summed E-state index contributed by atoms with van der Waals surface area (Å²) in [5.74, 6) is -1.29. The minimum atomic E-state index is -0.710. The third-order valence-electron chi connectivity index (χ3n) is 2.33. The van der Waals surface area contributed by atoms with Crippen molar-refractivity contribution in [2.75, 3.05) is 11.4 Å². The van der Waals surface area contributed by atoms with Gasteiger partial charge in [-0.2, -0.15) is 0 Å². The Bertz CT molecular complexity index is 410. The number of carbonyl (C=O) groups is 1. The summed E-state index contributed by atoms with van der Waals surface area (Å²) in [7, 11) is 0. The van der Waals surface area contributed by atoms with Crippen molar-refractivity contribution in [2.45, 2.75) is 11.2 Å². The van der Waals surface area contributed by atoms with Crippen molar-refractivity contribution in [2.24, 2.45) is 0 Å². The Hall–Kier alpha value is -1.10. The van der Waals surface area contributed by atoms with Gasteiger partial charge in [-0.1, -0.05) is 22.0 Å². The molecule has 1 atom stereocenters. The zero-order valence-electron chi connectivity index (χ0n) is 7.78. The smallest absolute Gasteiger partial charge is 0.228 e. The van der Waals surface area contributed by atoms with Crippen LogP contribution in [0, 0.1) is 5.82 Å². The quantitative estimate of drug-likeness (QED) is 0.796. The van der Waals surface area contributed by atoms with E-state index in [-0.39, 0.29) is 16.4 Å². The summed E-state index contributed by atoms with van der Waals surface area (Å²) in [5.41, 5.74) is 0.238. The van der Waals surface area contributed by atoms with E-state index in [1.807, 2.05) is 0 Å². The molecule has 0 aliphatic carbocycles. The van der Waals surface area contributed by atoms with E-state index >= 15 is 0 Å². The Morgan fingerprint density at radius 2 is 2.27 bits per heavy atom. The highest BCUT2D eigenvalue weighted by molar-refractivity contribution is 9.09. The van der Waals surface area contributed by atoms with Crippen LogP contribution in [0.5, 0.6) is 5.75 Å². The fourth-order valence-corrected chi connectivity index (χ4v) is 2.19. The third-order valence-corrected chi connectivity index (χ3v) is 2.95.